The van der Waals surface area contributed by atoms with E-state index in [-0.39, 0.29) is 12.4 Å². The Balaban J connectivity index is 3.46. The molecule has 29 heavy (non-hydrogen) atoms. The summed E-state index contributed by atoms with van der Waals surface area (Å²) in [6.45, 7) is 9.61. The first-order valence-corrected chi connectivity index (χ1v) is 10.6. The number of carbonyl (C=O) groups is 1. The van der Waals surface area contributed by atoms with Crippen LogP contribution in [-0.4, -0.2) is 36.3 Å². The number of aliphatic hydroxyl groups excluding tert-OH is 2. The van der Waals surface area contributed by atoms with Gasteiger partial charge in [0.05, 0.1) is 38.1 Å². The Morgan fingerprint density at radius 2 is 1.86 bits per heavy atom. The van der Waals surface area contributed by atoms with Crippen LogP contribution in [0.2, 0.25) is 0 Å². The largest absolute Gasteiger partial charge is 0.496 e. The summed E-state index contributed by atoms with van der Waals surface area (Å²) in [6, 6.07) is 1.82. The van der Waals surface area contributed by atoms with Crippen LogP contribution in [0.25, 0.3) is 0 Å². The van der Waals surface area contributed by atoms with Crippen molar-refractivity contribution in [2.45, 2.75) is 72.0 Å². The summed E-state index contributed by atoms with van der Waals surface area (Å²) < 4.78 is 11.1. The molecule has 0 fully saturated rings. The first-order chi connectivity index (χ1) is 13.9. The number of carbonyl (C=O) groups excluding carboxylic acids is 1. The van der Waals surface area contributed by atoms with E-state index in [1.54, 1.807) is 7.11 Å². The van der Waals surface area contributed by atoms with Gasteiger partial charge in [-0.05, 0) is 49.7 Å². The van der Waals surface area contributed by atoms with Gasteiger partial charge in [-0.1, -0.05) is 33.3 Å². The number of hydrogen-bond acceptors (Lipinski definition) is 5. The molecule has 1 rings (SSSR count). The van der Waals surface area contributed by atoms with Gasteiger partial charge >= 0.3 is 0 Å². The molecule has 0 aliphatic rings. The average Bonchev–Trinajstić information content (AvgIpc) is 2.69. The second-order valence-electron chi connectivity index (χ2n) is 7.93. The Labute approximate surface area is 175 Å². The lowest BCUT2D eigenvalue weighted by Gasteiger charge is -2.25. The fraction of sp³-hybridized carbons (Fsp3) is 0.625. The minimum atomic E-state index is -0.722. The summed E-state index contributed by atoms with van der Waals surface area (Å²) in [7, 11) is 3.05. The fourth-order valence-electron chi connectivity index (χ4n) is 3.85. The van der Waals surface area contributed by atoms with E-state index in [1.807, 2.05) is 19.1 Å². The highest BCUT2D eigenvalue weighted by Gasteiger charge is 2.31. The van der Waals surface area contributed by atoms with Crippen LogP contribution in [0.15, 0.2) is 18.7 Å². The number of hydrogen-bond donors (Lipinski definition) is 2. The Hall–Kier alpha value is -1.85. The molecular formula is C24H38O5. The normalized spacial score (nSPS) is 13.2. The maximum absolute atomic E-state index is 13.5. The summed E-state index contributed by atoms with van der Waals surface area (Å²) in [5, 5.41) is 20.7. The van der Waals surface area contributed by atoms with E-state index in [4.69, 9.17) is 9.47 Å². The zero-order chi connectivity index (χ0) is 22.0. The molecule has 0 unspecified atom stereocenters. The molecule has 0 aliphatic heterocycles. The Morgan fingerprint density at radius 1 is 1.21 bits per heavy atom. The fourth-order valence-corrected chi connectivity index (χ4v) is 3.85. The van der Waals surface area contributed by atoms with Gasteiger partial charge in [0, 0.05) is 5.92 Å². The van der Waals surface area contributed by atoms with Gasteiger partial charge < -0.3 is 19.7 Å². The Kier molecular flexibility index (Phi) is 11.0. The predicted molar refractivity (Wildman–Crippen MR) is 117 cm³/mol. The molecule has 2 atom stereocenters. The van der Waals surface area contributed by atoms with Crippen LogP contribution < -0.4 is 9.47 Å². The van der Waals surface area contributed by atoms with E-state index in [0.29, 0.717) is 47.8 Å². The molecule has 0 amide bonds. The van der Waals surface area contributed by atoms with Crippen molar-refractivity contribution in [3.8, 4) is 11.5 Å². The van der Waals surface area contributed by atoms with Crippen LogP contribution in [0, 0.1) is 11.8 Å². The summed E-state index contributed by atoms with van der Waals surface area (Å²) in [6.07, 6.45) is 5.34. The monoisotopic (exact) mass is 406 g/mol. The lowest BCUT2D eigenvalue weighted by Crippen LogP contribution is -2.29. The van der Waals surface area contributed by atoms with E-state index in [0.717, 1.165) is 24.8 Å². The number of rotatable bonds is 14. The van der Waals surface area contributed by atoms with Crippen molar-refractivity contribution in [3.63, 3.8) is 0 Å². The lowest BCUT2D eigenvalue weighted by molar-refractivity contribution is 0.0620. The molecule has 0 saturated carbocycles. The molecule has 0 radical (unpaired) electrons. The first kappa shape index (κ1) is 25.2. The molecular weight excluding hydrogens is 368 g/mol. The van der Waals surface area contributed by atoms with Crippen molar-refractivity contribution in [3.05, 3.63) is 35.4 Å². The smallest absolute Gasteiger partial charge is 0.172 e. The number of unbranched alkanes of at least 4 members (excludes halogenated alkanes) is 1. The van der Waals surface area contributed by atoms with Crippen LogP contribution in [0.3, 0.4) is 0 Å². The molecule has 0 aliphatic carbocycles. The van der Waals surface area contributed by atoms with Crippen LogP contribution in [0.4, 0.5) is 0 Å². The third-order valence-corrected chi connectivity index (χ3v) is 5.17. The lowest BCUT2D eigenvalue weighted by atomic mass is 9.84. The predicted octanol–water partition coefficient (Wildman–Crippen LogP) is 4.71. The molecule has 164 valence electrons. The third-order valence-electron chi connectivity index (χ3n) is 5.17. The first-order valence-electron chi connectivity index (χ1n) is 10.6. The maximum atomic E-state index is 13.5. The van der Waals surface area contributed by atoms with E-state index in [1.165, 1.54) is 7.11 Å². The zero-order valence-electron chi connectivity index (χ0n) is 18.7. The summed E-state index contributed by atoms with van der Waals surface area (Å²) in [4.78, 5) is 13.5. The van der Waals surface area contributed by atoms with E-state index >= 15 is 0 Å². The molecule has 1 aromatic carbocycles. The van der Waals surface area contributed by atoms with Gasteiger partial charge in [0.15, 0.2) is 5.78 Å². The van der Waals surface area contributed by atoms with Crippen molar-refractivity contribution in [2.24, 2.45) is 11.8 Å². The molecule has 0 aromatic heterocycles. The van der Waals surface area contributed by atoms with E-state index in [9.17, 15) is 15.0 Å². The van der Waals surface area contributed by atoms with Crippen molar-refractivity contribution in [2.75, 3.05) is 14.2 Å². The second-order valence-corrected chi connectivity index (χ2v) is 7.93. The highest BCUT2D eigenvalue weighted by atomic mass is 16.5. The molecule has 5 heteroatoms. The highest BCUT2D eigenvalue weighted by Crippen LogP contribution is 2.39. The summed E-state index contributed by atoms with van der Waals surface area (Å²) >= 11 is 0. The number of ketones is 1. The van der Waals surface area contributed by atoms with Gasteiger partial charge in [-0.2, -0.15) is 0 Å². The van der Waals surface area contributed by atoms with Crippen molar-refractivity contribution in [1.82, 2.24) is 0 Å². The number of ether oxygens (including phenoxy) is 2. The molecule has 5 nitrogen and oxygen atoms in total. The minimum absolute atomic E-state index is 0.142. The van der Waals surface area contributed by atoms with Gasteiger partial charge in [-0.3, -0.25) is 4.79 Å². The molecule has 1 aromatic rings. The molecule has 0 bridgehead atoms. The number of Topliss-reactive ketones (excluding diaryl/α,β-unsaturated/α-hetero) is 1. The zero-order valence-corrected chi connectivity index (χ0v) is 18.7. The maximum Gasteiger partial charge on any atom is 0.172 e. The number of benzene rings is 1. The Bertz CT molecular complexity index is 666. The SMILES string of the molecule is C=CCCC[C@@H](O)[C@H](CCC)C(=O)c1cc(CC(C)C)c(OC)c(CO)c1OC. The number of aliphatic hydroxyl groups is 2. The van der Waals surface area contributed by atoms with Crippen LogP contribution in [-0.2, 0) is 13.0 Å². The van der Waals surface area contributed by atoms with Gasteiger partial charge in [-0.15, -0.1) is 6.58 Å². The molecule has 0 heterocycles. The molecule has 0 saturated heterocycles. The number of methoxy groups -OCH3 is 2. The Morgan fingerprint density at radius 3 is 2.34 bits per heavy atom. The minimum Gasteiger partial charge on any atom is -0.496 e. The second kappa shape index (κ2) is 12.7. The van der Waals surface area contributed by atoms with Crippen molar-refractivity contribution in [1.29, 1.82) is 0 Å². The highest BCUT2D eigenvalue weighted by molar-refractivity contribution is 6.01. The quantitative estimate of drug-likeness (QED) is 0.266. The van der Waals surface area contributed by atoms with Gasteiger partial charge in [0.1, 0.15) is 11.5 Å². The van der Waals surface area contributed by atoms with Crippen molar-refractivity contribution < 1.29 is 24.5 Å². The molecule has 2 N–H and O–H groups in total. The number of allylic oxidation sites excluding steroid dienone is 1. The van der Waals surface area contributed by atoms with Crippen LogP contribution >= 0.6 is 0 Å². The van der Waals surface area contributed by atoms with Gasteiger partial charge in [0.25, 0.3) is 0 Å². The third kappa shape index (κ3) is 6.58. The van der Waals surface area contributed by atoms with Gasteiger partial charge in [-0.25, -0.2) is 0 Å². The van der Waals surface area contributed by atoms with E-state index in [2.05, 4.69) is 20.4 Å². The summed E-state index contributed by atoms with van der Waals surface area (Å²) in [5.74, 6) is 0.597. The topological polar surface area (TPSA) is 76.0 Å². The van der Waals surface area contributed by atoms with Crippen LogP contribution in [0.1, 0.15) is 74.4 Å². The van der Waals surface area contributed by atoms with Gasteiger partial charge in [0.2, 0.25) is 0 Å². The van der Waals surface area contributed by atoms with E-state index < -0.39 is 12.0 Å². The standard InChI is InChI=1S/C24H38O5/c1-7-9-10-12-21(26)18(11-8-2)22(27)19-14-17(13-16(3)4)23(28-5)20(15-25)24(19)29-6/h7,14,16,18,21,25-26H,1,8-13,15H2,2-6H3/t18-,21+/m0/s1. The van der Waals surface area contributed by atoms with Crippen molar-refractivity contribution >= 4 is 5.78 Å². The van der Waals surface area contributed by atoms with Crippen LogP contribution in [0.5, 0.6) is 11.5 Å². The summed E-state index contributed by atoms with van der Waals surface area (Å²) in [5.41, 5.74) is 1.76. The average molecular weight is 407 g/mol. The molecule has 0 spiro atoms.